The highest BCUT2D eigenvalue weighted by atomic mass is 16.2. The molecule has 1 atom stereocenters. The van der Waals surface area contributed by atoms with E-state index in [0.717, 1.165) is 25.9 Å². The average Bonchev–Trinajstić information content (AvgIpc) is 3.14. The Hall–Kier alpha value is -2.48. The summed E-state index contributed by atoms with van der Waals surface area (Å²) in [6, 6.07) is 1.67. The van der Waals surface area contributed by atoms with Crippen LogP contribution >= 0.6 is 0 Å². The van der Waals surface area contributed by atoms with Gasteiger partial charge in [-0.15, -0.1) is 0 Å². The van der Waals surface area contributed by atoms with Crippen molar-refractivity contribution in [3.63, 3.8) is 0 Å². The molecule has 8 heteroatoms. The molecule has 1 amide bonds. The van der Waals surface area contributed by atoms with Crippen molar-refractivity contribution in [3.05, 3.63) is 38.2 Å². The molecule has 0 radical (unpaired) electrons. The van der Waals surface area contributed by atoms with Crippen LogP contribution in [-0.2, 0) is 6.54 Å². The van der Waals surface area contributed by atoms with Crippen LogP contribution in [0.5, 0.6) is 0 Å². The third kappa shape index (κ3) is 3.95. The molecule has 0 aliphatic carbocycles. The molecule has 27 heavy (non-hydrogen) atoms. The van der Waals surface area contributed by atoms with Gasteiger partial charge in [-0.1, -0.05) is 13.8 Å². The minimum Gasteiger partial charge on any atom is -0.352 e. The van der Waals surface area contributed by atoms with Gasteiger partial charge in [-0.25, -0.2) is 9.78 Å². The number of pyridine rings is 1. The number of nitrogens with zero attached hydrogens (tertiary/aromatic N) is 2. The summed E-state index contributed by atoms with van der Waals surface area (Å²) in [6.07, 6.45) is 2.02. The first-order valence-electron chi connectivity index (χ1n) is 9.59. The Bertz CT molecular complexity index is 954. The third-order valence-corrected chi connectivity index (χ3v) is 5.12. The molecule has 3 N–H and O–H groups in total. The number of hydrogen-bond acceptors (Lipinski definition) is 5. The number of rotatable bonds is 6. The summed E-state index contributed by atoms with van der Waals surface area (Å²) in [6.45, 7) is 8.64. The fraction of sp³-hybridized carbons (Fsp3) is 0.579. The Morgan fingerprint density at radius 1 is 1.41 bits per heavy atom. The second kappa shape index (κ2) is 8.04. The highest BCUT2D eigenvalue weighted by Gasteiger charge is 2.20. The molecule has 2 aromatic rings. The van der Waals surface area contributed by atoms with E-state index in [-0.39, 0.29) is 28.4 Å². The minimum atomic E-state index is -0.576. The summed E-state index contributed by atoms with van der Waals surface area (Å²) in [5, 5.41) is 6.41. The summed E-state index contributed by atoms with van der Waals surface area (Å²) in [5.41, 5.74) is 0.135. The molecule has 146 valence electrons. The highest BCUT2D eigenvalue weighted by molar-refractivity contribution is 6.05. The van der Waals surface area contributed by atoms with Crippen molar-refractivity contribution >= 4 is 16.9 Å². The molecular weight excluding hydrogens is 346 g/mol. The molecule has 3 heterocycles. The van der Waals surface area contributed by atoms with E-state index < -0.39 is 11.2 Å². The van der Waals surface area contributed by atoms with Crippen LogP contribution < -0.4 is 21.9 Å². The van der Waals surface area contributed by atoms with Gasteiger partial charge in [-0.05, 0) is 50.8 Å². The van der Waals surface area contributed by atoms with Gasteiger partial charge >= 0.3 is 5.69 Å². The first kappa shape index (κ1) is 19.3. The van der Waals surface area contributed by atoms with E-state index in [1.165, 1.54) is 4.57 Å². The summed E-state index contributed by atoms with van der Waals surface area (Å²) in [5.74, 6) is 0.326. The summed E-state index contributed by atoms with van der Waals surface area (Å²) >= 11 is 0. The molecule has 3 rings (SSSR count). The largest absolute Gasteiger partial charge is 0.352 e. The lowest BCUT2D eigenvalue weighted by Crippen LogP contribution is -2.33. The van der Waals surface area contributed by atoms with Gasteiger partial charge in [0.25, 0.3) is 11.5 Å². The summed E-state index contributed by atoms with van der Waals surface area (Å²) in [7, 11) is 0. The van der Waals surface area contributed by atoms with Gasteiger partial charge in [0.15, 0.2) is 5.65 Å². The smallest absolute Gasteiger partial charge is 0.329 e. The van der Waals surface area contributed by atoms with Crippen molar-refractivity contribution in [3.8, 4) is 0 Å². The van der Waals surface area contributed by atoms with Crippen molar-refractivity contribution < 1.29 is 4.79 Å². The van der Waals surface area contributed by atoms with E-state index in [0.29, 0.717) is 24.7 Å². The van der Waals surface area contributed by atoms with Crippen LogP contribution in [0.25, 0.3) is 11.0 Å². The van der Waals surface area contributed by atoms with Gasteiger partial charge in [-0.2, -0.15) is 0 Å². The second-order valence-corrected chi connectivity index (χ2v) is 7.35. The van der Waals surface area contributed by atoms with E-state index in [1.807, 2.05) is 13.8 Å². The SMILES string of the molecule is CCn1c(=O)[nH]c(=O)c2c(C(=O)NCCC3CCNC3)cc(C(C)C)nc21. The number of aromatic amines is 1. The Morgan fingerprint density at radius 2 is 2.19 bits per heavy atom. The molecule has 1 aliphatic rings. The van der Waals surface area contributed by atoms with Crippen LogP contribution in [0.4, 0.5) is 0 Å². The Kier molecular flexibility index (Phi) is 5.74. The van der Waals surface area contributed by atoms with Gasteiger partial charge in [-0.3, -0.25) is 19.1 Å². The van der Waals surface area contributed by atoms with Gasteiger partial charge in [0.1, 0.15) is 0 Å². The molecule has 0 spiro atoms. The standard InChI is InChI=1S/C19H27N5O3/c1-4-24-16-15(18(26)23-19(24)27)13(9-14(22-16)11(2)3)17(25)21-8-6-12-5-7-20-10-12/h9,11-12,20H,4-8,10H2,1-3H3,(H,21,25)(H,23,26,27). The zero-order valence-corrected chi connectivity index (χ0v) is 16.1. The van der Waals surface area contributed by atoms with Crippen LogP contribution in [0, 0.1) is 5.92 Å². The number of amides is 1. The van der Waals surface area contributed by atoms with Crippen molar-refractivity contribution in [2.24, 2.45) is 5.92 Å². The molecule has 1 aliphatic heterocycles. The summed E-state index contributed by atoms with van der Waals surface area (Å²) < 4.78 is 1.39. The first-order chi connectivity index (χ1) is 12.9. The van der Waals surface area contributed by atoms with Crippen molar-refractivity contribution in [2.75, 3.05) is 19.6 Å². The van der Waals surface area contributed by atoms with E-state index in [1.54, 1.807) is 13.0 Å². The predicted molar refractivity (Wildman–Crippen MR) is 104 cm³/mol. The second-order valence-electron chi connectivity index (χ2n) is 7.35. The molecule has 1 unspecified atom stereocenters. The van der Waals surface area contributed by atoms with Crippen LogP contribution in [0.15, 0.2) is 15.7 Å². The van der Waals surface area contributed by atoms with Crippen LogP contribution in [-0.4, -0.2) is 40.1 Å². The lowest BCUT2D eigenvalue weighted by Gasteiger charge is -2.14. The number of fused-ring (bicyclic) bond motifs is 1. The maximum Gasteiger partial charge on any atom is 0.329 e. The Balaban J connectivity index is 2.00. The number of carbonyl (C=O) groups is 1. The minimum absolute atomic E-state index is 0.0604. The highest BCUT2D eigenvalue weighted by Crippen LogP contribution is 2.20. The molecule has 1 saturated heterocycles. The average molecular weight is 373 g/mol. The zero-order valence-electron chi connectivity index (χ0n) is 16.1. The fourth-order valence-electron chi connectivity index (χ4n) is 3.51. The van der Waals surface area contributed by atoms with Gasteiger partial charge in [0.2, 0.25) is 0 Å². The predicted octanol–water partition coefficient (Wildman–Crippen LogP) is 0.958. The zero-order chi connectivity index (χ0) is 19.6. The molecule has 0 bridgehead atoms. The van der Waals surface area contributed by atoms with E-state index in [2.05, 4.69) is 20.6 Å². The molecule has 0 saturated carbocycles. The number of H-pyrrole nitrogens is 1. The van der Waals surface area contributed by atoms with Crippen molar-refractivity contribution in [2.45, 2.75) is 46.1 Å². The van der Waals surface area contributed by atoms with E-state index >= 15 is 0 Å². The molecular formula is C19H27N5O3. The maximum absolute atomic E-state index is 12.8. The van der Waals surface area contributed by atoms with E-state index in [4.69, 9.17) is 0 Å². The Labute approximate surface area is 157 Å². The number of aryl methyl sites for hydroxylation is 1. The first-order valence-corrected chi connectivity index (χ1v) is 9.59. The fourth-order valence-corrected chi connectivity index (χ4v) is 3.51. The third-order valence-electron chi connectivity index (χ3n) is 5.12. The van der Waals surface area contributed by atoms with Crippen LogP contribution in [0.3, 0.4) is 0 Å². The Morgan fingerprint density at radius 3 is 2.81 bits per heavy atom. The van der Waals surface area contributed by atoms with Gasteiger partial charge < -0.3 is 10.6 Å². The molecule has 0 aromatic carbocycles. The van der Waals surface area contributed by atoms with Crippen LogP contribution in [0.2, 0.25) is 0 Å². The van der Waals surface area contributed by atoms with E-state index in [9.17, 15) is 14.4 Å². The van der Waals surface area contributed by atoms with Gasteiger partial charge in [0.05, 0.1) is 10.9 Å². The molecule has 2 aromatic heterocycles. The number of hydrogen-bond donors (Lipinski definition) is 3. The van der Waals surface area contributed by atoms with Crippen LogP contribution in [0.1, 0.15) is 55.6 Å². The number of nitrogens with one attached hydrogen (secondary N) is 3. The lowest BCUT2D eigenvalue weighted by atomic mass is 10.0. The maximum atomic E-state index is 12.8. The lowest BCUT2D eigenvalue weighted by molar-refractivity contribution is 0.0953. The summed E-state index contributed by atoms with van der Waals surface area (Å²) in [4.78, 5) is 44.2. The topological polar surface area (TPSA) is 109 Å². The normalized spacial score (nSPS) is 17.0. The van der Waals surface area contributed by atoms with Crippen molar-refractivity contribution in [1.29, 1.82) is 0 Å². The quantitative estimate of drug-likeness (QED) is 0.699. The molecule has 1 fully saturated rings. The monoisotopic (exact) mass is 373 g/mol. The number of carbonyl (C=O) groups excluding carboxylic acids is 1. The number of aromatic nitrogens is 3. The molecule has 8 nitrogen and oxygen atoms in total. The van der Waals surface area contributed by atoms with Crippen molar-refractivity contribution in [1.82, 2.24) is 25.2 Å². The van der Waals surface area contributed by atoms with Gasteiger partial charge in [0, 0.05) is 18.8 Å².